The normalized spacial score (nSPS) is 22.7. The van der Waals surface area contributed by atoms with E-state index < -0.39 is 0 Å². The molecule has 1 aromatic carbocycles. The Morgan fingerprint density at radius 1 is 1.44 bits per heavy atom. The smallest absolute Gasteiger partial charge is 0.253 e. The van der Waals surface area contributed by atoms with Gasteiger partial charge in [-0.15, -0.1) is 12.4 Å². The van der Waals surface area contributed by atoms with Crippen LogP contribution in [0.5, 0.6) is 0 Å². The molecule has 1 aromatic heterocycles. The molecule has 2 aromatic rings. The van der Waals surface area contributed by atoms with Crippen molar-refractivity contribution in [2.24, 2.45) is 11.1 Å². The molecule has 2 N–H and O–H groups in total. The topological polar surface area (TPSA) is 85.2 Å². The third-order valence-electron chi connectivity index (χ3n) is 5.07. The average molecular weight is 363 g/mol. The molecule has 4 rings (SSSR count). The highest BCUT2D eigenvalue weighted by Gasteiger charge is 2.35. The molecule has 1 saturated heterocycles. The number of likely N-dealkylation sites (tertiary alicyclic amines) is 1. The summed E-state index contributed by atoms with van der Waals surface area (Å²) in [5, 5.41) is 4.05. The van der Waals surface area contributed by atoms with E-state index in [0.717, 1.165) is 31.4 Å². The van der Waals surface area contributed by atoms with Gasteiger partial charge in [-0.25, -0.2) is 0 Å². The fraction of sp³-hybridized carbons (Fsp3) is 0.500. The lowest BCUT2D eigenvalue weighted by Gasteiger charge is -2.22. The van der Waals surface area contributed by atoms with Crippen LogP contribution in [0.2, 0.25) is 0 Å². The summed E-state index contributed by atoms with van der Waals surface area (Å²) in [4.78, 5) is 19.1. The highest BCUT2D eigenvalue weighted by atomic mass is 35.5. The van der Waals surface area contributed by atoms with Crippen LogP contribution in [-0.4, -0.2) is 40.6 Å². The third kappa shape index (κ3) is 3.55. The van der Waals surface area contributed by atoms with Gasteiger partial charge in [-0.1, -0.05) is 24.2 Å². The predicted octanol–water partition coefficient (Wildman–Crippen LogP) is 2.85. The van der Waals surface area contributed by atoms with Crippen molar-refractivity contribution in [2.75, 3.05) is 19.6 Å². The predicted molar refractivity (Wildman–Crippen MR) is 96.6 cm³/mol. The first-order valence-electron chi connectivity index (χ1n) is 8.51. The summed E-state index contributed by atoms with van der Waals surface area (Å²) in [5.41, 5.74) is 7.34. The molecular weight excluding hydrogens is 340 g/mol. The van der Waals surface area contributed by atoms with Crippen LogP contribution in [0.25, 0.3) is 11.4 Å². The second kappa shape index (κ2) is 6.77. The Bertz CT molecular complexity index is 774. The molecule has 2 heterocycles. The average Bonchev–Trinajstić information content (AvgIpc) is 3.20. The number of halogens is 1. The number of benzene rings is 1. The van der Waals surface area contributed by atoms with Gasteiger partial charge in [-0.05, 0) is 43.4 Å². The summed E-state index contributed by atoms with van der Waals surface area (Å²) in [5.74, 6) is 1.73. The van der Waals surface area contributed by atoms with Gasteiger partial charge in [0.2, 0.25) is 11.7 Å². The van der Waals surface area contributed by atoms with Gasteiger partial charge in [0, 0.05) is 30.1 Å². The van der Waals surface area contributed by atoms with Crippen molar-refractivity contribution in [3.8, 4) is 11.4 Å². The Labute approximate surface area is 153 Å². The Hall–Kier alpha value is -1.92. The molecule has 134 valence electrons. The van der Waals surface area contributed by atoms with Crippen molar-refractivity contribution in [1.82, 2.24) is 15.0 Å². The highest BCUT2D eigenvalue weighted by Crippen LogP contribution is 2.39. The van der Waals surface area contributed by atoms with Gasteiger partial charge in [0.25, 0.3) is 5.91 Å². The van der Waals surface area contributed by atoms with Crippen LogP contribution in [0.15, 0.2) is 28.8 Å². The van der Waals surface area contributed by atoms with Crippen LogP contribution < -0.4 is 5.73 Å². The molecular formula is C18H23ClN4O2. The Morgan fingerprint density at radius 3 is 2.92 bits per heavy atom. The molecule has 25 heavy (non-hydrogen) atoms. The van der Waals surface area contributed by atoms with E-state index in [0.29, 0.717) is 36.3 Å². The van der Waals surface area contributed by atoms with Gasteiger partial charge in [0.1, 0.15) is 0 Å². The van der Waals surface area contributed by atoms with Gasteiger partial charge in [0.05, 0.1) is 0 Å². The fourth-order valence-corrected chi connectivity index (χ4v) is 3.19. The van der Waals surface area contributed by atoms with Crippen LogP contribution >= 0.6 is 12.4 Å². The second-order valence-corrected chi connectivity index (χ2v) is 7.30. The highest BCUT2D eigenvalue weighted by molar-refractivity contribution is 5.95. The Morgan fingerprint density at radius 2 is 2.24 bits per heavy atom. The van der Waals surface area contributed by atoms with Gasteiger partial charge in [-0.3, -0.25) is 4.79 Å². The number of hydrogen-bond acceptors (Lipinski definition) is 5. The molecule has 0 radical (unpaired) electrons. The number of aromatic nitrogens is 2. The van der Waals surface area contributed by atoms with Crippen LogP contribution in [0.1, 0.15) is 48.4 Å². The Kier molecular flexibility index (Phi) is 4.84. The molecule has 1 amide bonds. The van der Waals surface area contributed by atoms with Crippen molar-refractivity contribution in [3.05, 3.63) is 35.7 Å². The zero-order chi connectivity index (χ0) is 16.7. The van der Waals surface area contributed by atoms with Crippen LogP contribution in [0, 0.1) is 5.41 Å². The van der Waals surface area contributed by atoms with Crippen molar-refractivity contribution in [3.63, 3.8) is 0 Å². The number of nitrogens with zero attached hydrogens (tertiary/aromatic N) is 3. The summed E-state index contributed by atoms with van der Waals surface area (Å²) in [6.45, 7) is 4.20. The SMILES string of the molecule is CC1(CN)CCN(C(=O)c2cccc(-c3noc(C4CC4)n3)c2)C1.Cl. The zero-order valence-electron chi connectivity index (χ0n) is 14.3. The van der Waals surface area contributed by atoms with E-state index in [1.54, 1.807) is 0 Å². The second-order valence-electron chi connectivity index (χ2n) is 7.30. The van der Waals surface area contributed by atoms with Gasteiger partial charge < -0.3 is 15.2 Å². The summed E-state index contributed by atoms with van der Waals surface area (Å²) in [6.07, 6.45) is 3.19. The lowest BCUT2D eigenvalue weighted by atomic mass is 9.90. The van der Waals surface area contributed by atoms with E-state index in [2.05, 4.69) is 17.1 Å². The van der Waals surface area contributed by atoms with E-state index >= 15 is 0 Å². The molecule has 1 atom stereocenters. The number of carbonyl (C=O) groups is 1. The van der Waals surface area contributed by atoms with E-state index in [-0.39, 0.29) is 23.7 Å². The maximum atomic E-state index is 12.8. The minimum Gasteiger partial charge on any atom is -0.339 e. The quantitative estimate of drug-likeness (QED) is 0.903. The molecule has 1 unspecified atom stereocenters. The Balaban J connectivity index is 0.00000182. The first-order valence-corrected chi connectivity index (χ1v) is 8.51. The summed E-state index contributed by atoms with van der Waals surface area (Å²) < 4.78 is 5.31. The van der Waals surface area contributed by atoms with Crippen molar-refractivity contribution in [2.45, 2.75) is 32.1 Å². The number of rotatable bonds is 4. The van der Waals surface area contributed by atoms with E-state index in [9.17, 15) is 4.79 Å². The number of nitrogens with two attached hydrogens (primary N) is 1. The van der Waals surface area contributed by atoms with Crippen molar-refractivity contribution in [1.29, 1.82) is 0 Å². The van der Waals surface area contributed by atoms with Gasteiger partial charge in [-0.2, -0.15) is 4.98 Å². The lowest BCUT2D eigenvalue weighted by Crippen LogP contribution is -2.34. The van der Waals surface area contributed by atoms with Crippen LogP contribution in [0.4, 0.5) is 0 Å². The number of hydrogen-bond donors (Lipinski definition) is 1. The standard InChI is InChI=1S/C18H22N4O2.ClH/c1-18(10-19)7-8-22(11-18)17(23)14-4-2-3-13(9-14)15-20-16(24-21-15)12-5-6-12;/h2-4,9,12H,5-8,10-11,19H2,1H3;1H. The van der Waals surface area contributed by atoms with E-state index in [1.807, 2.05) is 29.2 Å². The molecule has 7 heteroatoms. The lowest BCUT2D eigenvalue weighted by molar-refractivity contribution is 0.0777. The number of amides is 1. The first-order chi connectivity index (χ1) is 11.6. The molecule has 6 nitrogen and oxygen atoms in total. The fourth-order valence-electron chi connectivity index (χ4n) is 3.19. The first kappa shape index (κ1) is 17.9. The molecule has 2 aliphatic rings. The molecule has 1 aliphatic heterocycles. The summed E-state index contributed by atoms with van der Waals surface area (Å²) in [6, 6.07) is 7.47. The molecule has 2 fully saturated rings. The minimum atomic E-state index is 0. The molecule has 1 aliphatic carbocycles. The van der Waals surface area contributed by atoms with Crippen molar-refractivity contribution >= 4 is 18.3 Å². The summed E-state index contributed by atoms with van der Waals surface area (Å²) in [7, 11) is 0. The third-order valence-corrected chi connectivity index (χ3v) is 5.07. The molecule has 1 saturated carbocycles. The number of carbonyl (C=O) groups excluding carboxylic acids is 1. The zero-order valence-corrected chi connectivity index (χ0v) is 15.1. The molecule has 0 bridgehead atoms. The van der Waals surface area contributed by atoms with Crippen LogP contribution in [-0.2, 0) is 0 Å². The largest absolute Gasteiger partial charge is 0.339 e. The maximum absolute atomic E-state index is 12.8. The van der Waals surface area contributed by atoms with Gasteiger partial charge in [0.15, 0.2) is 0 Å². The van der Waals surface area contributed by atoms with Crippen LogP contribution in [0.3, 0.4) is 0 Å². The maximum Gasteiger partial charge on any atom is 0.253 e. The van der Waals surface area contributed by atoms with E-state index in [4.69, 9.17) is 10.3 Å². The van der Waals surface area contributed by atoms with Gasteiger partial charge >= 0.3 is 0 Å². The van der Waals surface area contributed by atoms with Crippen molar-refractivity contribution < 1.29 is 9.32 Å². The summed E-state index contributed by atoms with van der Waals surface area (Å²) >= 11 is 0. The minimum absolute atomic E-state index is 0. The molecule has 0 spiro atoms. The monoisotopic (exact) mass is 362 g/mol. The van der Waals surface area contributed by atoms with E-state index in [1.165, 1.54) is 0 Å².